The van der Waals surface area contributed by atoms with Gasteiger partial charge < -0.3 is 4.74 Å². The summed E-state index contributed by atoms with van der Waals surface area (Å²) in [6.07, 6.45) is 0. The summed E-state index contributed by atoms with van der Waals surface area (Å²) < 4.78 is 124. The lowest BCUT2D eigenvalue weighted by molar-refractivity contribution is -0.0438. The first-order chi connectivity index (χ1) is 9.64. The molecule has 22 heavy (non-hydrogen) atoms. The molecule has 0 N–H and O–H groups in total. The van der Waals surface area contributed by atoms with Crippen LogP contribution >= 0.6 is 0 Å². The average Bonchev–Trinajstić information content (AvgIpc) is 2.35. The number of alkyl halides is 6. The number of sulfone groups is 2. The second-order valence-corrected chi connectivity index (χ2v) is 7.62. The Morgan fingerprint density at radius 3 is 1.32 bits per heavy atom. The van der Waals surface area contributed by atoms with Gasteiger partial charge in [-0.2, -0.15) is 26.3 Å². The number of methoxy groups -OCH3 is 1. The van der Waals surface area contributed by atoms with Crippen LogP contribution in [0.2, 0.25) is 0 Å². The number of hydrogen-bond donors (Lipinski definition) is 0. The van der Waals surface area contributed by atoms with Crippen molar-refractivity contribution in [2.75, 3.05) is 7.11 Å². The van der Waals surface area contributed by atoms with Crippen molar-refractivity contribution < 1.29 is 47.9 Å². The number of ether oxygens (including phenoxy) is 1. The Kier molecular flexibility index (Phi) is 4.46. The van der Waals surface area contributed by atoms with Gasteiger partial charge >= 0.3 is 11.0 Å². The summed E-state index contributed by atoms with van der Waals surface area (Å²) in [5.41, 5.74) is -11.6. The Morgan fingerprint density at radius 1 is 0.773 bits per heavy atom. The summed E-state index contributed by atoms with van der Waals surface area (Å²) in [5.74, 6) is -0.798. The van der Waals surface area contributed by atoms with Crippen LogP contribution < -0.4 is 4.74 Å². The predicted molar refractivity (Wildman–Crippen MR) is 59.5 cm³/mol. The molecule has 5 nitrogen and oxygen atoms in total. The number of rotatable bonds is 3. The van der Waals surface area contributed by atoms with E-state index in [2.05, 4.69) is 4.74 Å². The third-order valence-corrected chi connectivity index (χ3v) is 5.25. The molecule has 0 amide bonds. The van der Waals surface area contributed by atoms with Gasteiger partial charge in [0.15, 0.2) is 0 Å². The molecule has 126 valence electrons. The minimum atomic E-state index is -6.05. The highest BCUT2D eigenvalue weighted by Crippen LogP contribution is 2.37. The van der Waals surface area contributed by atoms with Crippen LogP contribution in [0.25, 0.3) is 0 Å². The van der Waals surface area contributed by atoms with Crippen molar-refractivity contribution >= 4 is 19.7 Å². The van der Waals surface area contributed by atoms with Crippen molar-refractivity contribution in [3.63, 3.8) is 0 Å². The van der Waals surface area contributed by atoms with Crippen molar-refractivity contribution in [2.24, 2.45) is 0 Å². The van der Waals surface area contributed by atoms with Crippen LogP contribution in [0.5, 0.6) is 5.75 Å². The molecule has 0 aromatic heterocycles. The van der Waals surface area contributed by atoms with Gasteiger partial charge in [-0.15, -0.1) is 0 Å². The molecule has 1 aromatic carbocycles. The lowest BCUT2D eigenvalue weighted by Crippen LogP contribution is -2.26. The van der Waals surface area contributed by atoms with Crippen LogP contribution in [-0.4, -0.2) is 35.0 Å². The molecule has 0 saturated carbocycles. The molecule has 0 bridgehead atoms. The van der Waals surface area contributed by atoms with E-state index in [9.17, 15) is 43.2 Å². The van der Waals surface area contributed by atoms with E-state index in [4.69, 9.17) is 0 Å². The van der Waals surface area contributed by atoms with E-state index in [0.29, 0.717) is 0 Å². The first kappa shape index (κ1) is 18.5. The zero-order chi connectivity index (χ0) is 17.6. The fraction of sp³-hybridized carbons (Fsp3) is 0.333. The van der Waals surface area contributed by atoms with Gasteiger partial charge in [0, 0.05) is 0 Å². The van der Waals surface area contributed by atoms with Crippen molar-refractivity contribution in [3.8, 4) is 5.75 Å². The molecule has 1 aromatic rings. The summed E-state index contributed by atoms with van der Waals surface area (Å²) in [7, 11) is -11.3. The quantitative estimate of drug-likeness (QED) is 0.761. The molecule has 0 aliphatic carbocycles. The van der Waals surface area contributed by atoms with Gasteiger partial charge in [-0.05, 0) is 18.2 Å². The molecule has 0 atom stereocenters. The Balaban J connectivity index is 3.73. The summed E-state index contributed by atoms with van der Waals surface area (Å²) in [4.78, 5) is -3.36. The fourth-order valence-electron chi connectivity index (χ4n) is 1.24. The topological polar surface area (TPSA) is 77.5 Å². The van der Waals surface area contributed by atoms with E-state index in [1.54, 1.807) is 0 Å². The normalized spacial score (nSPS) is 14.0. The maximum absolute atomic E-state index is 12.4. The number of benzene rings is 1. The van der Waals surface area contributed by atoms with Gasteiger partial charge in [-0.3, -0.25) is 0 Å². The van der Waals surface area contributed by atoms with Gasteiger partial charge in [0.1, 0.15) is 5.75 Å². The Hall–Kier alpha value is -1.50. The van der Waals surface area contributed by atoms with E-state index < -0.39 is 46.2 Å². The standard InChI is InChI=1S/C9H6F6O5S2/c1-20-5-2-6(21(16,17)8(10,11)12)4-7(3-5)22(18,19)9(13,14)15/h2-4H,1H3. The third kappa shape index (κ3) is 3.14. The van der Waals surface area contributed by atoms with E-state index in [-0.39, 0.29) is 18.2 Å². The molecule has 0 fully saturated rings. The molecular formula is C9H6F6O5S2. The molecule has 0 saturated heterocycles. The van der Waals surface area contributed by atoms with Gasteiger partial charge in [0.25, 0.3) is 19.7 Å². The first-order valence-corrected chi connectivity index (χ1v) is 7.93. The lowest BCUT2D eigenvalue weighted by Gasteiger charge is -2.13. The monoisotopic (exact) mass is 372 g/mol. The summed E-state index contributed by atoms with van der Waals surface area (Å²) >= 11 is 0. The third-order valence-electron chi connectivity index (χ3n) is 2.32. The molecule has 0 radical (unpaired) electrons. The van der Waals surface area contributed by atoms with E-state index in [1.165, 1.54) is 0 Å². The summed E-state index contributed by atoms with van der Waals surface area (Å²) in [6.45, 7) is 0. The molecule has 13 heteroatoms. The first-order valence-electron chi connectivity index (χ1n) is 4.96. The van der Waals surface area contributed by atoms with Crippen LogP contribution in [0, 0.1) is 0 Å². The molecule has 0 aliphatic heterocycles. The highest BCUT2D eigenvalue weighted by atomic mass is 32.2. The molecular weight excluding hydrogens is 366 g/mol. The molecule has 1 rings (SSSR count). The average molecular weight is 372 g/mol. The van der Waals surface area contributed by atoms with Gasteiger partial charge in [-0.1, -0.05) is 0 Å². The zero-order valence-corrected chi connectivity index (χ0v) is 12.0. The molecule has 0 aliphatic rings. The second-order valence-electron chi connectivity index (χ2n) is 3.74. The maximum Gasteiger partial charge on any atom is 0.501 e. The van der Waals surface area contributed by atoms with Gasteiger partial charge in [0.2, 0.25) is 0 Å². The van der Waals surface area contributed by atoms with Crippen molar-refractivity contribution in [1.29, 1.82) is 0 Å². The Morgan fingerprint density at radius 2 is 1.09 bits per heavy atom. The van der Waals surface area contributed by atoms with Gasteiger partial charge in [-0.25, -0.2) is 16.8 Å². The van der Waals surface area contributed by atoms with Crippen molar-refractivity contribution in [1.82, 2.24) is 0 Å². The van der Waals surface area contributed by atoms with Crippen LogP contribution in [0.15, 0.2) is 28.0 Å². The van der Waals surface area contributed by atoms with Crippen LogP contribution in [0.1, 0.15) is 0 Å². The SMILES string of the molecule is COc1cc(S(=O)(=O)C(F)(F)F)cc(S(=O)(=O)C(F)(F)F)c1. The van der Waals surface area contributed by atoms with Crippen LogP contribution in [-0.2, 0) is 19.7 Å². The minimum absolute atomic E-state index is 0.228. The van der Waals surface area contributed by atoms with Crippen LogP contribution in [0.4, 0.5) is 26.3 Å². The van der Waals surface area contributed by atoms with Gasteiger partial charge in [0.05, 0.1) is 16.9 Å². The highest BCUT2D eigenvalue weighted by molar-refractivity contribution is 7.93. The molecule has 0 spiro atoms. The molecule has 0 heterocycles. The highest BCUT2D eigenvalue weighted by Gasteiger charge is 2.50. The summed E-state index contributed by atoms with van der Waals surface area (Å²) in [5, 5.41) is 0. The second kappa shape index (κ2) is 5.30. The van der Waals surface area contributed by atoms with E-state index >= 15 is 0 Å². The van der Waals surface area contributed by atoms with Crippen LogP contribution in [0.3, 0.4) is 0 Å². The Labute approximate surface area is 120 Å². The Bertz CT molecular complexity index is 713. The number of hydrogen-bond acceptors (Lipinski definition) is 5. The van der Waals surface area contributed by atoms with E-state index in [0.717, 1.165) is 7.11 Å². The summed E-state index contributed by atoms with van der Waals surface area (Å²) in [6, 6.07) is 0.296. The fourth-order valence-corrected chi connectivity index (χ4v) is 2.96. The molecule has 0 unspecified atom stereocenters. The largest absolute Gasteiger partial charge is 0.501 e. The van der Waals surface area contributed by atoms with Crippen molar-refractivity contribution in [2.45, 2.75) is 20.8 Å². The van der Waals surface area contributed by atoms with E-state index in [1.807, 2.05) is 0 Å². The zero-order valence-electron chi connectivity index (χ0n) is 10.4. The lowest BCUT2D eigenvalue weighted by atomic mass is 10.3. The van der Waals surface area contributed by atoms with Crippen molar-refractivity contribution in [3.05, 3.63) is 18.2 Å². The number of halogens is 6. The predicted octanol–water partition coefficient (Wildman–Crippen LogP) is 2.28. The maximum atomic E-state index is 12.4. The smallest absolute Gasteiger partial charge is 0.497 e. The minimum Gasteiger partial charge on any atom is -0.497 e.